The maximum absolute atomic E-state index is 9.12. The molecule has 2 N–H and O–H groups in total. The average Bonchev–Trinajstić information content (AvgIpc) is 2.08. The van der Waals surface area contributed by atoms with Crippen molar-refractivity contribution in [2.24, 2.45) is 0 Å². The average molecular weight is 162 g/mol. The van der Waals surface area contributed by atoms with Gasteiger partial charge in [0.25, 0.3) is 0 Å². The highest BCUT2D eigenvalue weighted by Crippen LogP contribution is 2.27. The van der Waals surface area contributed by atoms with Gasteiger partial charge in [-0.15, -0.1) is 0 Å². The van der Waals surface area contributed by atoms with Crippen LogP contribution in [-0.2, 0) is 0 Å². The molecule has 0 heterocycles. The van der Waals surface area contributed by atoms with Gasteiger partial charge in [0.2, 0.25) is 0 Å². The third-order valence-electron chi connectivity index (χ3n) is 1.59. The maximum atomic E-state index is 9.12. The van der Waals surface area contributed by atoms with Gasteiger partial charge in [-0.3, -0.25) is 0 Å². The summed E-state index contributed by atoms with van der Waals surface area (Å²) < 4.78 is 0. The Kier molecular flexibility index (Phi) is 2.19. The Morgan fingerprint density at radius 1 is 1.25 bits per heavy atom. The molecule has 0 aliphatic carbocycles. The van der Waals surface area contributed by atoms with Crippen LogP contribution >= 0.6 is 0 Å². The van der Waals surface area contributed by atoms with Gasteiger partial charge in [-0.2, -0.15) is 0 Å². The lowest BCUT2D eigenvalue weighted by Gasteiger charge is -2.01. The molecular formula is C10H10O2. The van der Waals surface area contributed by atoms with Crippen LogP contribution in [0.4, 0.5) is 0 Å². The molecule has 0 atom stereocenters. The lowest BCUT2D eigenvalue weighted by molar-refractivity contribution is 0.403. The van der Waals surface area contributed by atoms with Crippen LogP contribution in [0.25, 0.3) is 5.57 Å². The Labute approximate surface area is 71.1 Å². The fourth-order valence-corrected chi connectivity index (χ4v) is 0.841. The quantitative estimate of drug-likeness (QED) is 0.517. The highest BCUT2D eigenvalue weighted by Gasteiger charge is 2.00. The molecule has 0 saturated carbocycles. The predicted molar refractivity (Wildman–Crippen MR) is 49.0 cm³/mol. The summed E-state index contributed by atoms with van der Waals surface area (Å²) in [6.07, 6.45) is 1.59. The summed E-state index contributed by atoms with van der Waals surface area (Å²) in [5.74, 6) is -0.272. The van der Waals surface area contributed by atoms with E-state index in [-0.39, 0.29) is 11.5 Å². The van der Waals surface area contributed by atoms with Crippen LogP contribution in [0.15, 0.2) is 37.4 Å². The zero-order chi connectivity index (χ0) is 9.14. The highest BCUT2D eigenvalue weighted by molar-refractivity contribution is 5.72. The summed E-state index contributed by atoms with van der Waals surface area (Å²) in [6, 6.07) is 4.53. The van der Waals surface area contributed by atoms with Gasteiger partial charge in [0.1, 0.15) is 0 Å². The third-order valence-corrected chi connectivity index (χ3v) is 1.59. The standard InChI is InChI=1S/C10H10O2/c1-3-7(2)8-4-5-9(11)10(12)6-8/h3-6,11-12H,1-2H2. The van der Waals surface area contributed by atoms with E-state index >= 15 is 0 Å². The molecule has 0 bridgehead atoms. The van der Waals surface area contributed by atoms with Crippen molar-refractivity contribution in [2.45, 2.75) is 0 Å². The second-order valence-electron chi connectivity index (χ2n) is 2.43. The molecular weight excluding hydrogens is 152 g/mol. The molecule has 2 heteroatoms. The van der Waals surface area contributed by atoms with Gasteiger partial charge < -0.3 is 10.2 Å². The van der Waals surface area contributed by atoms with Crippen LogP contribution < -0.4 is 0 Å². The van der Waals surface area contributed by atoms with Crippen LogP contribution in [0.2, 0.25) is 0 Å². The van der Waals surface area contributed by atoms with Crippen molar-refractivity contribution in [2.75, 3.05) is 0 Å². The number of phenols is 2. The van der Waals surface area contributed by atoms with Crippen molar-refractivity contribution in [3.63, 3.8) is 0 Å². The van der Waals surface area contributed by atoms with Gasteiger partial charge in [0.05, 0.1) is 0 Å². The van der Waals surface area contributed by atoms with E-state index in [2.05, 4.69) is 13.2 Å². The molecule has 1 aromatic carbocycles. The smallest absolute Gasteiger partial charge is 0.158 e. The van der Waals surface area contributed by atoms with Crippen molar-refractivity contribution < 1.29 is 10.2 Å². The molecule has 0 spiro atoms. The van der Waals surface area contributed by atoms with Crippen molar-refractivity contribution in [3.8, 4) is 11.5 Å². The number of phenolic OH excluding ortho intramolecular Hbond substituents is 2. The van der Waals surface area contributed by atoms with Crippen LogP contribution in [0.1, 0.15) is 5.56 Å². The molecule has 2 nitrogen and oxygen atoms in total. The molecule has 12 heavy (non-hydrogen) atoms. The van der Waals surface area contributed by atoms with Crippen molar-refractivity contribution in [3.05, 3.63) is 43.0 Å². The molecule has 0 aliphatic rings. The largest absolute Gasteiger partial charge is 0.504 e. The minimum atomic E-state index is -0.143. The van der Waals surface area contributed by atoms with Crippen LogP contribution in [0.5, 0.6) is 11.5 Å². The fourth-order valence-electron chi connectivity index (χ4n) is 0.841. The first-order valence-corrected chi connectivity index (χ1v) is 3.49. The minimum absolute atomic E-state index is 0.129. The number of hydrogen-bond donors (Lipinski definition) is 2. The molecule has 0 aromatic heterocycles. The molecule has 0 amide bonds. The first-order valence-electron chi connectivity index (χ1n) is 3.49. The maximum Gasteiger partial charge on any atom is 0.158 e. The fraction of sp³-hybridized carbons (Fsp3) is 0. The lowest BCUT2D eigenvalue weighted by Crippen LogP contribution is -1.78. The van der Waals surface area contributed by atoms with E-state index in [0.717, 1.165) is 5.56 Å². The van der Waals surface area contributed by atoms with Gasteiger partial charge >= 0.3 is 0 Å². The molecule has 0 aliphatic heterocycles. The van der Waals surface area contributed by atoms with Gasteiger partial charge in [-0.05, 0) is 23.3 Å². The van der Waals surface area contributed by atoms with Crippen molar-refractivity contribution in [1.82, 2.24) is 0 Å². The Morgan fingerprint density at radius 2 is 1.92 bits per heavy atom. The zero-order valence-corrected chi connectivity index (χ0v) is 6.62. The summed E-state index contributed by atoms with van der Waals surface area (Å²) in [5.41, 5.74) is 1.46. The van der Waals surface area contributed by atoms with E-state index in [0.29, 0.717) is 5.57 Å². The zero-order valence-electron chi connectivity index (χ0n) is 6.62. The number of rotatable bonds is 2. The second-order valence-corrected chi connectivity index (χ2v) is 2.43. The van der Waals surface area contributed by atoms with Crippen LogP contribution in [0.3, 0.4) is 0 Å². The van der Waals surface area contributed by atoms with E-state index in [1.807, 2.05) is 0 Å². The van der Waals surface area contributed by atoms with E-state index in [1.54, 1.807) is 12.1 Å². The molecule has 0 unspecified atom stereocenters. The first kappa shape index (κ1) is 8.40. The SMILES string of the molecule is C=CC(=C)c1ccc(O)c(O)c1. The number of aromatic hydroxyl groups is 2. The normalized spacial score (nSPS) is 9.33. The summed E-state index contributed by atoms with van der Waals surface area (Å²) in [4.78, 5) is 0. The Balaban J connectivity index is 3.13. The summed E-state index contributed by atoms with van der Waals surface area (Å²) in [6.45, 7) is 7.25. The van der Waals surface area contributed by atoms with Crippen LogP contribution in [-0.4, -0.2) is 10.2 Å². The summed E-state index contributed by atoms with van der Waals surface area (Å²) in [5, 5.41) is 18.1. The summed E-state index contributed by atoms with van der Waals surface area (Å²) in [7, 11) is 0. The monoisotopic (exact) mass is 162 g/mol. The Hall–Kier alpha value is -1.70. The molecule has 0 fully saturated rings. The van der Waals surface area contributed by atoms with E-state index in [4.69, 9.17) is 10.2 Å². The van der Waals surface area contributed by atoms with Gasteiger partial charge in [-0.1, -0.05) is 25.3 Å². The van der Waals surface area contributed by atoms with Gasteiger partial charge in [-0.25, -0.2) is 0 Å². The Bertz CT molecular complexity index is 327. The third kappa shape index (κ3) is 1.48. The summed E-state index contributed by atoms with van der Waals surface area (Å²) >= 11 is 0. The number of allylic oxidation sites excluding steroid dienone is 2. The highest BCUT2D eigenvalue weighted by atomic mass is 16.3. The van der Waals surface area contributed by atoms with E-state index in [9.17, 15) is 0 Å². The van der Waals surface area contributed by atoms with E-state index < -0.39 is 0 Å². The molecule has 62 valence electrons. The minimum Gasteiger partial charge on any atom is -0.504 e. The van der Waals surface area contributed by atoms with Gasteiger partial charge in [0.15, 0.2) is 11.5 Å². The van der Waals surface area contributed by atoms with Crippen molar-refractivity contribution in [1.29, 1.82) is 0 Å². The first-order chi connectivity index (χ1) is 5.65. The predicted octanol–water partition coefficient (Wildman–Crippen LogP) is 2.30. The number of hydrogen-bond acceptors (Lipinski definition) is 2. The molecule has 1 aromatic rings. The molecule has 0 radical (unpaired) electrons. The van der Waals surface area contributed by atoms with Gasteiger partial charge in [0, 0.05) is 0 Å². The Morgan fingerprint density at radius 3 is 2.42 bits per heavy atom. The lowest BCUT2D eigenvalue weighted by atomic mass is 10.1. The number of benzene rings is 1. The van der Waals surface area contributed by atoms with Crippen molar-refractivity contribution >= 4 is 5.57 Å². The molecule has 1 rings (SSSR count). The second kappa shape index (κ2) is 3.13. The van der Waals surface area contributed by atoms with Crippen LogP contribution in [0, 0.1) is 0 Å². The topological polar surface area (TPSA) is 40.5 Å². The van der Waals surface area contributed by atoms with E-state index in [1.165, 1.54) is 12.1 Å². The molecule has 0 saturated heterocycles.